The number of anilines is 1. The zero-order valence-electron chi connectivity index (χ0n) is 10.8. The van der Waals surface area contributed by atoms with E-state index < -0.39 is 6.10 Å². The smallest absolute Gasteiger partial charge is 0.256 e. The molecule has 6 nitrogen and oxygen atoms in total. The van der Waals surface area contributed by atoms with Crippen LogP contribution in [0.4, 0.5) is 5.95 Å². The molecule has 1 aromatic heterocycles. The standard InChI is InChI=1S/C11H20N4O2/c1-5-8(3)9(17-4)10(16)13-11-14-12-7-15(11)6-2/h7-9H,5-6H2,1-4H3,(H,13,14,16). The fourth-order valence-corrected chi connectivity index (χ4v) is 1.58. The summed E-state index contributed by atoms with van der Waals surface area (Å²) in [5.74, 6) is 0.449. The number of amides is 1. The lowest BCUT2D eigenvalue weighted by atomic mass is 10.0. The summed E-state index contributed by atoms with van der Waals surface area (Å²) in [5.41, 5.74) is 0. The second kappa shape index (κ2) is 6.34. The Bertz CT molecular complexity index is 364. The van der Waals surface area contributed by atoms with Crippen molar-refractivity contribution in [2.45, 2.75) is 39.8 Å². The normalized spacial score (nSPS) is 14.4. The lowest BCUT2D eigenvalue weighted by Crippen LogP contribution is -2.35. The lowest BCUT2D eigenvalue weighted by molar-refractivity contribution is -0.128. The number of aromatic nitrogens is 3. The predicted octanol–water partition coefficient (Wildman–Crippen LogP) is 1.30. The zero-order chi connectivity index (χ0) is 12.8. The molecule has 2 atom stereocenters. The average Bonchev–Trinajstić information content (AvgIpc) is 2.76. The maximum Gasteiger partial charge on any atom is 0.256 e. The van der Waals surface area contributed by atoms with Gasteiger partial charge in [-0.2, -0.15) is 0 Å². The Balaban J connectivity index is 2.70. The maximum absolute atomic E-state index is 12.0. The van der Waals surface area contributed by atoms with Crippen molar-refractivity contribution in [3.8, 4) is 0 Å². The van der Waals surface area contributed by atoms with Crippen molar-refractivity contribution >= 4 is 11.9 Å². The van der Waals surface area contributed by atoms with E-state index in [4.69, 9.17) is 4.74 Å². The van der Waals surface area contributed by atoms with E-state index >= 15 is 0 Å². The van der Waals surface area contributed by atoms with Crippen LogP contribution in [-0.2, 0) is 16.1 Å². The largest absolute Gasteiger partial charge is 0.371 e. The zero-order valence-corrected chi connectivity index (χ0v) is 10.8. The summed E-state index contributed by atoms with van der Waals surface area (Å²) in [6.45, 7) is 6.68. The van der Waals surface area contributed by atoms with E-state index in [-0.39, 0.29) is 11.8 Å². The van der Waals surface area contributed by atoms with E-state index in [0.717, 1.165) is 6.42 Å². The van der Waals surface area contributed by atoms with Crippen molar-refractivity contribution in [2.75, 3.05) is 12.4 Å². The molecule has 0 aliphatic carbocycles. The lowest BCUT2D eigenvalue weighted by Gasteiger charge is -2.20. The fourth-order valence-electron chi connectivity index (χ4n) is 1.58. The molecule has 2 unspecified atom stereocenters. The maximum atomic E-state index is 12.0. The molecule has 1 N–H and O–H groups in total. The number of nitrogens with zero attached hydrogens (tertiary/aromatic N) is 3. The van der Waals surface area contributed by atoms with Gasteiger partial charge in [0.2, 0.25) is 5.95 Å². The highest BCUT2D eigenvalue weighted by molar-refractivity contribution is 5.92. The highest BCUT2D eigenvalue weighted by Gasteiger charge is 2.24. The molecule has 1 aromatic rings. The third kappa shape index (κ3) is 3.26. The van der Waals surface area contributed by atoms with Gasteiger partial charge in [-0.15, -0.1) is 10.2 Å². The van der Waals surface area contributed by atoms with E-state index in [9.17, 15) is 4.79 Å². The Morgan fingerprint density at radius 3 is 2.82 bits per heavy atom. The van der Waals surface area contributed by atoms with E-state index in [2.05, 4.69) is 15.5 Å². The predicted molar refractivity (Wildman–Crippen MR) is 64.6 cm³/mol. The molecule has 17 heavy (non-hydrogen) atoms. The summed E-state index contributed by atoms with van der Waals surface area (Å²) in [6.07, 6.45) is 2.01. The Kier molecular flexibility index (Phi) is 5.09. The molecule has 1 rings (SSSR count). The van der Waals surface area contributed by atoms with E-state index in [1.807, 2.05) is 20.8 Å². The first-order valence-electron chi connectivity index (χ1n) is 5.85. The molecule has 0 aromatic carbocycles. The summed E-state index contributed by atoms with van der Waals surface area (Å²) >= 11 is 0. The van der Waals surface area contributed by atoms with Crippen LogP contribution in [0.5, 0.6) is 0 Å². The van der Waals surface area contributed by atoms with Crippen molar-refractivity contribution in [3.63, 3.8) is 0 Å². The Morgan fingerprint density at radius 1 is 1.59 bits per heavy atom. The highest BCUT2D eigenvalue weighted by Crippen LogP contribution is 2.13. The third-order valence-electron chi connectivity index (χ3n) is 2.86. The minimum absolute atomic E-state index is 0.165. The van der Waals surface area contributed by atoms with Crippen LogP contribution in [0.2, 0.25) is 0 Å². The van der Waals surface area contributed by atoms with Crippen LogP contribution in [0.25, 0.3) is 0 Å². The first kappa shape index (κ1) is 13.6. The molecule has 0 spiro atoms. The summed E-state index contributed by atoms with van der Waals surface area (Å²) < 4.78 is 6.98. The monoisotopic (exact) mass is 240 g/mol. The van der Waals surface area contributed by atoms with Crippen LogP contribution in [-0.4, -0.2) is 33.9 Å². The fraction of sp³-hybridized carbons (Fsp3) is 0.727. The molecular weight excluding hydrogens is 220 g/mol. The quantitative estimate of drug-likeness (QED) is 0.813. The van der Waals surface area contributed by atoms with Gasteiger partial charge in [0.15, 0.2) is 0 Å². The molecule has 96 valence electrons. The Labute approximate surface area is 101 Å². The number of carbonyl (C=O) groups is 1. The van der Waals surface area contributed by atoms with Crippen molar-refractivity contribution in [2.24, 2.45) is 5.92 Å². The van der Waals surface area contributed by atoms with Crippen LogP contribution in [0.1, 0.15) is 27.2 Å². The number of carbonyl (C=O) groups excluding carboxylic acids is 1. The first-order valence-corrected chi connectivity index (χ1v) is 5.85. The second-order valence-electron chi connectivity index (χ2n) is 3.97. The van der Waals surface area contributed by atoms with Gasteiger partial charge in [-0.05, 0) is 12.8 Å². The molecule has 0 aliphatic rings. The molecule has 1 heterocycles. The van der Waals surface area contributed by atoms with Gasteiger partial charge in [-0.25, -0.2) is 0 Å². The van der Waals surface area contributed by atoms with Gasteiger partial charge in [0.05, 0.1) is 0 Å². The molecule has 0 fully saturated rings. The number of nitrogens with one attached hydrogen (secondary N) is 1. The molecule has 0 aliphatic heterocycles. The molecule has 0 saturated carbocycles. The first-order chi connectivity index (χ1) is 8.13. The van der Waals surface area contributed by atoms with Crippen molar-refractivity contribution in [1.29, 1.82) is 0 Å². The van der Waals surface area contributed by atoms with Gasteiger partial charge in [0, 0.05) is 13.7 Å². The van der Waals surface area contributed by atoms with Gasteiger partial charge >= 0.3 is 0 Å². The van der Waals surface area contributed by atoms with Crippen LogP contribution in [0.3, 0.4) is 0 Å². The summed E-state index contributed by atoms with van der Waals surface area (Å²) in [5, 5.41) is 10.3. The number of rotatable bonds is 6. The van der Waals surface area contributed by atoms with Crippen LogP contribution in [0, 0.1) is 5.92 Å². The van der Waals surface area contributed by atoms with Gasteiger partial charge in [-0.3, -0.25) is 10.1 Å². The highest BCUT2D eigenvalue weighted by atomic mass is 16.5. The van der Waals surface area contributed by atoms with E-state index in [1.54, 1.807) is 18.0 Å². The molecule has 1 amide bonds. The number of methoxy groups -OCH3 is 1. The van der Waals surface area contributed by atoms with Gasteiger partial charge in [0.25, 0.3) is 5.91 Å². The molecule has 0 bridgehead atoms. The number of aryl methyl sites for hydroxylation is 1. The molecule has 0 radical (unpaired) electrons. The summed E-state index contributed by atoms with van der Waals surface area (Å²) in [4.78, 5) is 12.0. The van der Waals surface area contributed by atoms with Gasteiger partial charge < -0.3 is 9.30 Å². The van der Waals surface area contributed by atoms with Crippen molar-refractivity contribution < 1.29 is 9.53 Å². The SMILES string of the molecule is CCC(C)C(OC)C(=O)Nc1nncn1CC. The molecule has 6 heteroatoms. The summed E-state index contributed by atoms with van der Waals surface area (Å²) in [6, 6.07) is 0. The van der Waals surface area contributed by atoms with Crippen LogP contribution >= 0.6 is 0 Å². The Hall–Kier alpha value is -1.43. The third-order valence-corrected chi connectivity index (χ3v) is 2.86. The van der Waals surface area contributed by atoms with E-state index in [1.165, 1.54) is 0 Å². The van der Waals surface area contributed by atoms with Crippen molar-refractivity contribution in [1.82, 2.24) is 14.8 Å². The van der Waals surface area contributed by atoms with Crippen LogP contribution in [0.15, 0.2) is 6.33 Å². The van der Waals surface area contributed by atoms with Crippen LogP contribution < -0.4 is 5.32 Å². The topological polar surface area (TPSA) is 69.0 Å². The van der Waals surface area contributed by atoms with E-state index in [0.29, 0.717) is 12.5 Å². The Morgan fingerprint density at radius 2 is 2.29 bits per heavy atom. The van der Waals surface area contributed by atoms with Gasteiger partial charge in [0.1, 0.15) is 12.4 Å². The summed E-state index contributed by atoms with van der Waals surface area (Å²) in [7, 11) is 1.54. The molecule has 0 saturated heterocycles. The number of ether oxygens (including phenoxy) is 1. The number of hydrogen-bond acceptors (Lipinski definition) is 4. The number of hydrogen-bond donors (Lipinski definition) is 1. The average molecular weight is 240 g/mol. The molecular formula is C11H20N4O2. The van der Waals surface area contributed by atoms with Crippen molar-refractivity contribution in [3.05, 3.63) is 6.33 Å². The minimum atomic E-state index is -0.456. The minimum Gasteiger partial charge on any atom is -0.371 e. The second-order valence-corrected chi connectivity index (χ2v) is 3.97. The van der Waals surface area contributed by atoms with Gasteiger partial charge in [-0.1, -0.05) is 20.3 Å².